The first-order valence-corrected chi connectivity index (χ1v) is 6.29. The number of hydrogen-bond donors (Lipinski definition) is 2. The molecule has 1 aromatic carbocycles. The van der Waals surface area contributed by atoms with Gasteiger partial charge in [0.2, 0.25) is 5.82 Å². The zero-order valence-electron chi connectivity index (χ0n) is 11.5. The molecular formula is C13H14N4O4. The first-order chi connectivity index (χ1) is 9.93. The minimum Gasteiger partial charge on any atom is -0.322 e. The summed E-state index contributed by atoms with van der Waals surface area (Å²) in [6.45, 7) is 4.03. The second kappa shape index (κ2) is 5.61. The Labute approximate surface area is 119 Å². The molecular weight excluding hydrogens is 276 g/mol. The fourth-order valence-electron chi connectivity index (χ4n) is 2.03. The third-order valence-corrected chi connectivity index (χ3v) is 3.01. The first kappa shape index (κ1) is 14.5. The van der Waals surface area contributed by atoms with E-state index in [0.29, 0.717) is 12.2 Å². The van der Waals surface area contributed by atoms with Crippen LogP contribution < -0.4 is 16.1 Å². The molecule has 2 N–H and O–H groups in total. The van der Waals surface area contributed by atoms with Crippen LogP contribution in [0.5, 0.6) is 0 Å². The molecule has 0 saturated heterocycles. The molecule has 110 valence electrons. The number of anilines is 2. The van der Waals surface area contributed by atoms with Gasteiger partial charge in [-0.2, -0.15) is 0 Å². The number of aryl methyl sites for hydroxylation is 1. The molecule has 21 heavy (non-hydrogen) atoms. The smallest absolute Gasteiger partial charge is 0.322 e. The first-order valence-electron chi connectivity index (χ1n) is 6.29. The van der Waals surface area contributed by atoms with E-state index in [4.69, 9.17) is 0 Å². The van der Waals surface area contributed by atoms with Gasteiger partial charge in [-0.25, -0.2) is 4.79 Å². The number of nitrogens with zero attached hydrogens (tertiary/aromatic N) is 2. The van der Waals surface area contributed by atoms with Gasteiger partial charge in [-0.3, -0.25) is 24.9 Å². The Morgan fingerprint density at radius 3 is 2.33 bits per heavy atom. The van der Waals surface area contributed by atoms with Crippen molar-refractivity contribution in [2.24, 2.45) is 0 Å². The van der Waals surface area contributed by atoms with Crippen molar-refractivity contribution in [1.29, 1.82) is 0 Å². The fraction of sp³-hybridized carbons (Fsp3) is 0.231. The molecule has 0 atom stereocenters. The van der Waals surface area contributed by atoms with Gasteiger partial charge >= 0.3 is 16.9 Å². The highest BCUT2D eigenvalue weighted by Crippen LogP contribution is 2.27. The zero-order chi connectivity index (χ0) is 15.6. The van der Waals surface area contributed by atoms with Crippen molar-refractivity contribution in [2.45, 2.75) is 13.8 Å². The number of benzene rings is 1. The number of hydrogen-bond acceptors (Lipinski definition) is 5. The lowest BCUT2D eigenvalue weighted by atomic mass is 10.2. The third-order valence-electron chi connectivity index (χ3n) is 3.01. The topological polar surface area (TPSA) is 112 Å². The molecule has 8 nitrogen and oxygen atoms in total. The maximum Gasteiger partial charge on any atom is 0.374 e. The zero-order valence-corrected chi connectivity index (χ0v) is 11.5. The Hall–Kier alpha value is -2.90. The van der Waals surface area contributed by atoms with Crippen LogP contribution in [0.25, 0.3) is 0 Å². The van der Waals surface area contributed by atoms with Gasteiger partial charge in [0.05, 0.1) is 4.92 Å². The maximum absolute atomic E-state index is 11.7. The Morgan fingerprint density at radius 1 is 1.19 bits per heavy atom. The molecule has 8 heteroatoms. The van der Waals surface area contributed by atoms with Gasteiger partial charge in [0.15, 0.2) is 0 Å². The molecule has 0 aliphatic carbocycles. The second-order valence-electron chi connectivity index (χ2n) is 4.44. The van der Waals surface area contributed by atoms with E-state index in [1.54, 1.807) is 19.1 Å². The van der Waals surface area contributed by atoms with Crippen molar-refractivity contribution in [1.82, 2.24) is 9.97 Å². The fourth-order valence-corrected chi connectivity index (χ4v) is 2.03. The Morgan fingerprint density at radius 2 is 1.81 bits per heavy atom. The summed E-state index contributed by atoms with van der Waals surface area (Å²) < 4.78 is 0. The summed E-state index contributed by atoms with van der Waals surface area (Å²) in [7, 11) is 0. The predicted octanol–water partition coefficient (Wildman–Crippen LogP) is 1.44. The highest BCUT2D eigenvalue weighted by atomic mass is 16.6. The lowest BCUT2D eigenvalue weighted by Gasteiger charge is -2.21. The van der Waals surface area contributed by atoms with Crippen LogP contribution in [0.1, 0.15) is 12.5 Å². The third kappa shape index (κ3) is 2.83. The van der Waals surface area contributed by atoms with Gasteiger partial charge in [0, 0.05) is 12.2 Å². The largest absolute Gasteiger partial charge is 0.374 e. The monoisotopic (exact) mass is 290 g/mol. The number of rotatable bonds is 4. The molecule has 0 aliphatic rings. The van der Waals surface area contributed by atoms with Crippen molar-refractivity contribution in [3.63, 3.8) is 0 Å². The number of nitrogens with one attached hydrogen (secondary N) is 2. The van der Waals surface area contributed by atoms with Crippen LogP contribution in [0.3, 0.4) is 0 Å². The summed E-state index contributed by atoms with van der Waals surface area (Å²) in [5.41, 5.74) is -0.816. The molecule has 0 radical (unpaired) electrons. The van der Waals surface area contributed by atoms with Crippen molar-refractivity contribution in [2.75, 3.05) is 11.4 Å². The number of aromatic amines is 2. The Kier molecular flexibility index (Phi) is 3.88. The van der Waals surface area contributed by atoms with E-state index < -0.39 is 21.9 Å². The molecule has 0 amide bonds. The van der Waals surface area contributed by atoms with Gasteiger partial charge in [0.25, 0.3) is 0 Å². The predicted molar refractivity (Wildman–Crippen MR) is 78.2 cm³/mol. The normalized spacial score (nSPS) is 10.4. The minimum atomic E-state index is -1.02. The maximum atomic E-state index is 11.7. The quantitative estimate of drug-likeness (QED) is 0.653. The van der Waals surface area contributed by atoms with Crippen molar-refractivity contribution < 1.29 is 4.92 Å². The van der Waals surface area contributed by atoms with Crippen LogP contribution in [0.2, 0.25) is 0 Å². The Bertz CT molecular complexity index is 776. The molecule has 1 heterocycles. The highest BCUT2D eigenvalue weighted by molar-refractivity contribution is 5.67. The SMILES string of the molecule is CCN(c1ccc(C)cc1)c1[nH]c(=O)[nH]c(=O)c1[N+](=O)[O-]. The molecule has 2 rings (SSSR count). The highest BCUT2D eigenvalue weighted by Gasteiger charge is 2.25. The summed E-state index contributed by atoms with van der Waals surface area (Å²) in [5.74, 6) is -0.125. The van der Waals surface area contributed by atoms with Gasteiger partial charge in [-0.15, -0.1) is 0 Å². The lowest BCUT2D eigenvalue weighted by molar-refractivity contribution is -0.385. The van der Waals surface area contributed by atoms with Crippen LogP contribution in [0.4, 0.5) is 17.2 Å². The summed E-state index contributed by atoms with van der Waals surface area (Å²) in [4.78, 5) is 39.1. The number of aromatic nitrogens is 2. The Balaban J connectivity index is 2.67. The standard InChI is InChI=1S/C13H14N4O4/c1-3-16(9-6-4-8(2)5-7-9)11-10(17(20)21)12(18)15-13(19)14-11/h4-7H,3H2,1-2H3,(H2,14,15,18,19). The molecule has 1 aromatic heterocycles. The van der Waals surface area contributed by atoms with Crippen LogP contribution >= 0.6 is 0 Å². The van der Waals surface area contributed by atoms with Crippen LogP contribution in [0, 0.1) is 17.0 Å². The van der Waals surface area contributed by atoms with Gasteiger partial charge in [0.1, 0.15) is 0 Å². The molecule has 0 fully saturated rings. The van der Waals surface area contributed by atoms with Gasteiger partial charge in [-0.1, -0.05) is 17.7 Å². The van der Waals surface area contributed by atoms with E-state index >= 15 is 0 Å². The van der Waals surface area contributed by atoms with E-state index in [0.717, 1.165) is 5.56 Å². The van der Waals surface area contributed by atoms with Crippen LogP contribution in [0.15, 0.2) is 33.9 Å². The van der Waals surface area contributed by atoms with E-state index in [1.807, 2.05) is 24.0 Å². The molecule has 0 aliphatic heterocycles. The molecule has 2 aromatic rings. The average molecular weight is 290 g/mol. The van der Waals surface area contributed by atoms with E-state index in [2.05, 4.69) is 4.98 Å². The summed E-state index contributed by atoms with van der Waals surface area (Å²) in [6.07, 6.45) is 0. The van der Waals surface area contributed by atoms with Crippen molar-refractivity contribution in [3.8, 4) is 0 Å². The van der Waals surface area contributed by atoms with E-state index in [1.165, 1.54) is 4.90 Å². The second-order valence-corrected chi connectivity index (χ2v) is 4.44. The number of nitro groups is 1. The molecule has 0 saturated carbocycles. The van der Waals surface area contributed by atoms with E-state index in [9.17, 15) is 19.7 Å². The summed E-state index contributed by atoms with van der Waals surface area (Å²) in [6, 6.07) is 7.22. The van der Waals surface area contributed by atoms with Gasteiger partial charge in [-0.05, 0) is 26.0 Å². The van der Waals surface area contributed by atoms with Crippen LogP contribution in [-0.2, 0) is 0 Å². The van der Waals surface area contributed by atoms with Crippen LogP contribution in [-0.4, -0.2) is 21.4 Å². The summed E-state index contributed by atoms with van der Waals surface area (Å²) in [5, 5.41) is 11.1. The molecule has 0 unspecified atom stereocenters. The van der Waals surface area contributed by atoms with E-state index in [-0.39, 0.29) is 5.82 Å². The molecule has 0 spiro atoms. The lowest BCUT2D eigenvalue weighted by Crippen LogP contribution is -2.30. The summed E-state index contributed by atoms with van der Waals surface area (Å²) >= 11 is 0. The van der Waals surface area contributed by atoms with Crippen molar-refractivity contribution >= 4 is 17.2 Å². The minimum absolute atomic E-state index is 0.125. The number of H-pyrrole nitrogens is 2. The molecule has 0 bridgehead atoms. The average Bonchev–Trinajstić information content (AvgIpc) is 2.40. The van der Waals surface area contributed by atoms with Crippen molar-refractivity contribution in [3.05, 3.63) is 60.8 Å². The van der Waals surface area contributed by atoms with Gasteiger partial charge < -0.3 is 4.90 Å².